The summed E-state index contributed by atoms with van der Waals surface area (Å²) in [6.45, 7) is 4.00. The Morgan fingerprint density at radius 1 is 1.55 bits per heavy atom. The van der Waals surface area contributed by atoms with Crippen LogP contribution in [0, 0.1) is 0 Å². The van der Waals surface area contributed by atoms with E-state index >= 15 is 0 Å². The van der Waals surface area contributed by atoms with E-state index in [0.717, 1.165) is 0 Å². The Bertz CT molecular complexity index is 184. The Morgan fingerprint density at radius 2 is 2.18 bits per heavy atom. The van der Waals surface area contributed by atoms with E-state index in [-0.39, 0.29) is 0 Å². The second kappa shape index (κ2) is 5.46. The summed E-state index contributed by atoms with van der Waals surface area (Å²) >= 11 is 0. The van der Waals surface area contributed by atoms with Gasteiger partial charge in [0.25, 0.3) is 0 Å². The number of nitrogens with zero attached hydrogens (tertiary/aromatic N) is 3. The maximum atomic E-state index is 10.1. The third-order valence-electron chi connectivity index (χ3n) is 0.966. The highest BCUT2D eigenvalue weighted by Crippen LogP contribution is 1.80. The summed E-state index contributed by atoms with van der Waals surface area (Å²) in [6, 6.07) is 1.75. The molecule has 0 aliphatic rings. The molecule has 4 nitrogen and oxygen atoms in total. The smallest absolute Gasteiger partial charge is 0.229 e. The van der Waals surface area contributed by atoms with E-state index in [1.165, 1.54) is 9.80 Å². The minimum absolute atomic E-state index is 0.688. The molecular weight excluding hydrogens is 142 g/mol. The van der Waals surface area contributed by atoms with Crippen LogP contribution < -0.4 is 5.01 Å². The van der Waals surface area contributed by atoms with Crippen LogP contribution in [-0.2, 0) is 4.79 Å². The van der Waals surface area contributed by atoms with Crippen molar-refractivity contribution in [2.24, 2.45) is 0 Å². The standard InChI is InChI=1S/C5H7N3O.C2H6/c1-7(5-9)8-4-2-3-6-8;1-2/h2-5H,1H3;1-2H3. The van der Waals surface area contributed by atoms with Crippen molar-refractivity contribution < 1.29 is 4.79 Å². The van der Waals surface area contributed by atoms with Crippen LogP contribution in [0.4, 0.5) is 0 Å². The molecule has 1 heterocycles. The Hall–Kier alpha value is -1.32. The number of aromatic nitrogens is 2. The Balaban J connectivity index is 0.000000461. The molecule has 0 aliphatic carbocycles. The van der Waals surface area contributed by atoms with E-state index in [0.29, 0.717) is 6.41 Å². The minimum Gasteiger partial charge on any atom is -0.277 e. The van der Waals surface area contributed by atoms with E-state index in [1.807, 2.05) is 13.8 Å². The first-order valence-corrected chi connectivity index (χ1v) is 3.52. The molecule has 4 heteroatoms. The summed E-state index contributed by atoms with van der Waals surface area (Å²) in [5, 5.41) is 5.13. The van der Waals surface area contributed by atoms with Gasteiger partial charge in [0.05, 0.1) is 6.20 Å². The van der Waals surface area contributed by atoms with Gasteiger partial charge in [-0.2, -0.15) is 9.89 Å². The van der Waals surface area contributed by atoms with Gasteiger partial charge in [-0.1, -0.05) is 13.8 Å². The fourth-order valence-corrected chi connectivity index (χ4v) is 0.496. The highest BCUT2D eigenvalue weighted by molar-refractivity contribution is 5.59. The lowest BCUT2D eigenvalue weighted by molar-refractivity contribution is -0.108. The van der Waals surface area contributed by atoms with E-state index in [4.69, 9.17) is 0 Å². The van der Waals surface area contributed by atoms with Crippen molar-refractivity contribution in [1.82, 2.24) is 9.89 Å². The highest BCUT2D eigenvalue weighted by Gasteiger charge is 1.91. The fraction of sp³-hybridized carbons (Fsp3) is 0.429. The first-order valence-electron chi connectivity index (χ1n) is 3.52. The summed E-state index contributed by atoms with van der Waals surface area (Å²) in [7, 11) is 1.62. The van der Waals surface area contributed by atoms with Crippen LogP contribution in [0.2, 0.25) is 0 Å². The van der Waals surface area contributed by atoms with Crippen LogP contribution in [0.15, 0.2) is 18.5 Å². The molecule has 1 amide bonds. The van der Waals surface area contributed by atoms with Crippen molar-refractivity contribution >= 4 is 6.41 Å². The third kappa shape index (κ3) is 2.84. The quantitative estimate of drug-likeness (QED) is 0.587. The normalized spacial score (nSPS) is 7.91. The Labute approximate surface area is 66.4 Å². The molecule has 0 unspecified atom stereocenters. The van der Waals surface area contributed by atoms with Crippen molar-refractivity contribution in [3.05, 3.63) is 18.5 Å². The summed E-state index contributed by atoms with van der Waals surface area (Å²) in [4.78, 5) is 11.5. The summed E-state index contributed by atoms with van der Waals surface area (Å²) in [5.74, 6) is 0. The second-order valence-corrected chi connectivity index (χ2v) is 1.61. The number of rotatable bonds is 2. The van der Waals surface area contributed by atoms with Gasteiger partial charge in [0.2, 0.25) is 6.41 Å². The maximum Gasteiger partial charge on any atom is 0.229 e. The molecule has 1 aromatic rings. The zero-order valence-electron chi connectivity index (χ0n) is 7.06. The molecule has 0 N–H and O–H groups in total. The number of carbonyl (C=O) groups excluding carboxylic acids is 1. The van der Waals surface area contributed by atoms with Gasteiger partial charge >= 0.3 is 0 Å². The van der Waals surface area contributed by atoms with Gasteiger partial charge in [0, 0.05) is 13.2 Å². The van der Waals surface area contributed by atoms with Crippen molar-refractivity contribution in [2.45, 2.75) is 13.8 Å². The molecule has 0 saturated heterocycles. The zero-order valence-corrected chi connectivity index (χ0v) is 7.06. The van der Waals surface area contributed by atoms with Crippen LogP contribution in [0.25, 0.3) is 0 Å². The van der Waals surface area contributed by atoms with Crippen molar-refractivity contribution in [2.75, 3.05) is 12.1 Å². The van der Waals surface area contributed by atoms with Gasteiger partial charge in [0.15, 0.2) is 0 Å². The lowest BCUT2D eigenvalue weighted by atomic mass is 10.8. The summed E-state index contributed by atoms with van der Waals surface area (Å²) in [6.07, 6.45) is 3.99. The van der Waals surface area contributed by atoms with Gasteiger partial charge in [-0.25, -0.2) is 5.01 Å². The van der Waals surface area contributed by atoms with Crippen LogP contribution in [0.5, 0.6) is 0 Å². The van der Waals surface area contributed by atoms with E-state index in [2.05, 4.69) is 5.10 Å². The molecule has 0 atom stereocenters. The number of amides is 1. The first kappa shape index (κ1) is 9.68. The fourth-order valence-electron chi connectivity index (χ4n) is 0.496. The van der Waals surface area contributed by atoms with Gasteiger partial charge in [-0.05, 0) is 6.07 Å². The lowest BCUT2D eigenvalue weighted by Crippen LogP contribution is -2.28. The molecule has 0 aromatic carbocycles. The highest BCUT2D eigenvalue weighted by atomic mass is 16.1. The van der Waals surface area contributed by atoms with E-state index in [9.17, 15) is 4.79 Å². The van der Waals surface area contributed by atoms with Crippen LogP contribution >= 0.6 is 0 Å². The monoisotopic (exact) mass is 155 g/mol. The van der Waals surface area contributed by atoms with Crippen molar-refractivity contribution in [3.8, 4) is 0 Å². The minimum atomic E-state index is 0.688. The number of hydrogen-bond donors (Lipinski definition) is 0. The first-order chi connectivity index (χ1) is 5.34. The van der Waals surface area contributed by atoms with Gasteiger partial charge in [-0.15, -0.1) is 0 Å². The predicted molar refractivity (Wildman–Crippen MR) is 43.8 cm³/mol. The largest absolute Gasteiger partial charge is 0.277 e. The predicted octanol–water partition coefficient (Wildman–Crippen LogP) is 0.633. The second-order valence-electron chi connectivity index (χ2n) is 1.61. The van der Waals surface area contributed by atoms with E-state index in [1.54, 1.807) is 25.5 Å². The molecule has 1 rings (SSSR count). The molecule has 0 spiro atoms. The molecular formula is C7H13N3O. The van der Waals surface area contributed by atoms with E-state index < -0.39 is 0 Å². The molecule has 0 saturated carbocycles. The molecule has 1 aromatic heterocycles. The molecule has 0 radical (unpaired) electrons. The topological polar surface area (TPSA) is 38.1 Å². The van der Waals surface area contributed by atoms with Crippen LogP contribution in [0.1, 0.15) is 13.8 Å². The maximum absolute atomic E-state index is 10.1. The molecule has 0 aliphatic heterocycles. The molecule has 11 heavy (non-hydrogen) atoms. The van der Waals surface area contributed by atoms with Crippen molar-refractivity contribution in [3.63, 3.8) is 0 Å². The summed E-state index contributed by atoms with van der Waals surface area (Å²) in [5.41, 5.74) is 0. The number of carbonyl (C=O) groups is 1. The SMILES string of the molecule is CC.CN(C=O)n1cccn1. The lowest BCUT2D eigenvalue weighted by Gasteiger charge is -2.07. The molecule has 0 fully saturated rings. The zero-order chi connectivity index (χ0) is 8.69. The third-order valence-corrected chi connectivity index (χ3v) is 0.966. The van der Waals surface area contributed by atoms with Crippen LogP contribution in [-0.4, -0.2) is 23.3 Å². The summed E-state index contributed by atoms with van der Waals surface area (Å²) < 4.78 is 0. The van der Waals surface area contributed by atoms with Gasteiger partial charge in [-0.3, -0.25) is 4.79 Å². The Kier molecular flexibility index (Phi) is 4.81. The van der Waals surface area contributed by atoms with Gasteiger partial charge in [0.1, 0.15) is 0 Å². The Morgan fingerprint density at radius 3 is 2.55 bits per heavy atom. The van der Waals surface area contributed by atoms with Crippen molar-refractivity contribution in [1.29, 1.82) is 0 Å². The van der Waals surface area contributed by atoms with Crippen LogP contribution in [0.3, 0.4) is 0 Å². The average Bonchev–Trinajstić information content (AvgIpc) is 2.59. The molecule has 0 bridgehead atoms. The average molecular weight is 155 g/mol. The number of hydrogen-bond acceptors (Lipinski definition) is 2. The van der Waals surface area contributed by atoms with Gasteiger partial charge < -0.3 is 0 Å². The molecule has 62 valence electrons.